The molecule has 2 heterocycles. The Morgan fingerprint density at radius 3 is 2.68 bits per heavy atom. The van der Waals surface area contributed by atoms with Crippen LogP contribution in [-0.4, -0.2) is 28.6 Å². The molecule has 1 fully saturated rings. The Labute approximate surface area is 198 Å². The van der Waals surface area contributed by atoms with E-state index in [-0.39, 0.29) is 17.6 Å². The first-order chi connectivity index (χ1) is 16.6. The van der Waals surface area contributed by atoms with Crippen molar-refractivity contribution in [2.45, 2.75) is 38.6 Å². The number of amides is 1. The third-order valence-corrected chi connectivity index (χ3v) is 6.36. The Morgan fingerprint density at radius 1 is 1.03 bits per heavy atom. The number of rotatable bonds is 8. The molecule has 1 atom stereocenters. The average Bonchev–Trinajstić information content (AvgIpc) is 3.40. The van der Waals surface area contributed by atoms with Crippen molar-refractivity contribution in [2.24, 2.45) is 0 Å². The highest BCUT2D eigenvalue weighted by atomic mass is 19.1. The van der Waals surface area contributed by atoms with E-state index in [0.717, 1.165) is 42.0 Å². The molecule has 0 saturated carbocycles. The summed E-state index contributed by atoms with van der Waals surface area (Å²) in [5.74, 6) is 1.44. The fourth-order valence-corrected chi connectivity index (χ4v) is 4.61. The van der Waals surface area contributed by atoms with Gasteiger partial charge in [-0.05, 0) is 62.2 Å². The largest absolute Gasteiger partial charge is 0.494 e. The average molecular weight is 458 g/mol. The number of fused-ring (bicyclic) bond motifs is 1. The molecule has 1 amide bonds. The summed E-state index contributed by atoms with van der Waals surface area (Å²) in [5.41, 5.74) is 3.83. The number of para-hydroxylation sites is 2. The summed E-state index contributed by atoms with van der Waals surface area (Å²) in [6.07, 6.45) is 2.22. The topological polar surface area (TPSA) is 47.4 Å². The number of imidazole rings is 1. The molecule has 1 aromatic heterocycles. The smallest absolute Gasteiger partial charge is 0.227 e. The number of nitrogens with zero attached hydrogens (tertiary/aromatic N) is 3. The molecule has 0 radical (unpaired) electrons. The summed E-state index contributed by atoms with van der Waals surface area (Å²) in [7, 11) is 0. The van der Waals surface area contributed by atoms with E-state index in [2.05, 4.69) is 29.7 Å². The Balaban J connectivity index is 1.29. The maximum absolute atomic E-state index is 13.7. The monoisotopic (exact) mass is 457 g/mol. The van der Waals surface area contributed by atoms with E-state index in [0.29, 0.717) is 25.3 Å². The van der Waals surface area contributed by atoms with Crippen LogP contribution in [0.15, 0.2) is 72.8 Å². The molecule has 1 saturated heterocycles. The van der Waals surface area contributed by atoms with Crippen molar-refractivity contribution in [2.75, 3.05) is 18.1 Å². The molecule has 174 valence electrons. The Morgan fingerprint density at radius 2 is 1.85 bits per heavy atom. The molecule has 1 aliphatic heterocycles. The van der Waals surface area contributed by atoms with Gasteiger partial charge in [0.2, 0.25) is 5.91 Å². The SMILES string of the molecule is Cc1ccc(OCCCCn2c(C3CC(=O)N(c4cccc(F)c4)C3)nc3ccccc32)cc1. The first-order valence-corrected chi connectivity index (χ1v) is 11.8. The van der Waals surface area contributed by atoms with Gasteiger partial charge in [0.05, 0.1) is 17.6 Å². The van der Waals surface area contributed by atoms with E-state index in [9.17, 15) is 9.18 Å². The van der Waals surface area contributed by atoms with Crippen LogP contribution in [0.5, 0.6) is 5.75 Å². The summed E-state index contributed by atoms with van der Waals surface area (Å²) in [4.78, 5) is 19.4. The Kier molecular flexibility index (Phi) is 6.30. The van der Waals surface area contributed by atoms with Gasteiger partial charge in [0.1, 0.15) is 17.4 Å². The van der Waals surface area contributed by atoms with Crippen molar-refractivity contribution < 1.29 is 13.9 Å². The Hall–Kier alpha value is -3.67. The third kappa shape index (κ3) is 4.67. The Bertz CT molecular complexity index is 1300. The van der Waals surface area contributed by atoms with Crippen molar-refractivity contribution in [3.63, 3.8) is 0 Å². The van der Waals surface area contributed by atoms with Crippen LogP contribution >= 0.6 is 0 Å². The van der Waals surface area contributed by atoms with Crippen LogP contribution in [0.4, 0.5) is 10.1 Å². The van der Waals surface area contributed by atoms with Gasteiger partial charge in [-0.2, -0.15) is 0 Å². The molecule has 0 N–H and O–H groups in total. The predicted octanol–water partition coefficient (Wildman–Crippen LogP) is 5.86. The van der Waals surface area contributed by atoms with Crippen molar-refractivity contribution in [3.05, 3.63) is 90.0 Å². The number of carbonyl (C=O) groups is 1. The molecule has 34 heavy (non-hydrogen) atoms. The van der Waals surface area contributed by atoms with Crippen LogP contribution in [0.25, 0.3) is 11.0 Å². The molecule has 0 spiro atoms. The minimum atomic E-state index is -0.339. The zero-order valence-corrected chi connectivity index (χ0v) is 19.3. The number of halogens is 1. The molecule has 0 aliphatic carbocycles. The lowest BCUT2D eigenvalue weighted by Gasteiger charge is -2.17. The summed E-state index contributed by atoms with van der Waals surface area (Å²) in [5, 5.41) is 0. The molecule has 6 heteroatoms. The summed E-state index contributed by atoms with van der Waals surface area (Å²) >= 11 is 0. The van der Waals surface area contributed by atoms with Crippen LogP contribution < -0.4 is 9.64 Å². The molecule has 5 rings (SSSR count). The number of aryl methyl sites for hydroxylation is 2. The van der Waals surface area contributed by atoms with Crippen LogP contribution in [0, 0.1) is 12.7 Å². The molecule has 4 aromatic rings. The minimum absolute atomic E-state index is 0.000652. The van der Waals surface area contributed by atoms with Crippen molar-refractivity contribution >= 4 is 22.6 Å². The van der Waals surface area contributed by atoms with E-state index < -0.39 is 0 Å². The van der Waals surface area contributed by atoms with Gasteiger partial charge in [-0.1, -0.05) is 35.9 Å². The molecule has 1 aliphatic rings. The van der Waals surface area contributed by atoms with E-state index in [1.807, 2.05) is 30.3 Å². The van der Waals surface area contributed by atoms with Crippen molar-refractivity contribution in [3.8, 4) is 5.75 Å². The van der Waals surface area contributed by atoms with Crippen LogP contribution in [0.3, 0.4) is 0 Å². The molecule has 5 nitrogen and oxygen atoms in total. The van der Waals surface area contributed by atoms with Crippen LogP contribution in [0.1, 0.15) is 36.6 Å². The zero-order valence-electron chi connectivity index (χ0n) is 19.3. The van der Waals surface area contributed by atoms with E-state index in [1.54, 1.807) is 17.0 Å². The van der Waals surface area contributed by atoms with Crippen LogP contribution in [-0.2, 0) is 11.3 Å². The van der Waals surface area contributed by atoms with Gasteiger partial charge in [0.25, 0.3) is 0 Å². The van der Waals surface area contributed by atoms with Gasteiger partial charge in [0.15, 0.2) is 0 Å². The lowest BCUT2D eigenvalue weighted by molar-refractivity contribution is -0.117. The predicted molar refractivity (Wildman–Crippen MR) is 132 cm³/mol. The zero-order chi connectivity index (χ0) is 23.5. The quantitative estimate of drug-likeness (QED) is 0.311. The lowest BCUT2D eigenvalue weighted by atomic mass is 10.1. The lowest BCUT2D eigenvalue weighted by Crippen LogP contribution is -2.24. The van der Waals surface area contributed by atoms with Gasteiger partial charge in [-0.3, -0.25) is 4.79 Å². The van der Waals surface area contributed by atoms with Gasteiger partial charge in [-0.15, -0.1) is 0 Å². The maximum Gasteiger partial charge on any atom is 0.227 e. The summed E-state index contributed by atoms with van der Waals surface area (Å²) in [6.45, 7) is 4.02. The number of unbranched alkanes of at least 4 members (excludes halogenated alkanes) is 1. The van der Waals surface area contributed by atoms with Gasteiger partial charge in [0, 0.05) is 31.1 Å². The first kappa shape index (κ1) is 22.1. The fourth-order valence-electron chi connectivity index (χ4n) is 4.61. The normalized spacial score (nSPS) is 15.9. The van der Waals surface area contributed by atoms with Gasteiger partial charge >= 0.3 is 0 Å². The number of carbonyl (C=O) groups excluding carboxylic acids is 1. The van der Waals surface area contributed by atoms with Gasteiger partial charge < -0.3 is 14.2 Å². The third-order valence-electron chi connectivity index (χ3n) is 6.36. The highest BCUT2D eigenvalue weighted by Gasteiger charge is 2.34. The molecule has 3 aromatic carbocycles. The second-order valence-corrected chi connectivity index (χ2v) is 8.86. The number of hydrogen-bond acceptors (Lipinski definition) is 3. The molecule has 0 bridgehead atoms. The van der Waals surface area contributed by atoms with E-state index in [1.165, 1.54) is 17.7 Å². The maximum atomic E-state index is 13.7. The number of hydrogen-bond donors (Lipinski definition) is 0. The highest BCUT2D eigenvalue weighted by Crippen LogP contribution is 2.33. The summed E-state index contributed by atoms with van der Waals surface area (Å²) in [6, 6.07) is 22.4. The van der Waals surface area contributed by atoms with E-state index in [4.69, 9.17) is 9.72 Å². The standard InChI is InChI=1S/C28H28FN3O2/c1-20-11-13-24(14-12-20)34-16-5-4-15-31-26-10-3-2-9-25(26)30-28(31)21-17-27(33)32(19-21)23-8-6-7-22(29)18-23/h2-3,6-14,18,21H,4-5,15-17,19H2,1H3. The number of benzene rings is 3. The van der Waals surface area contributed by atoms with E-state index >= 15 is 0 Å². The highest BCUT2D eigenvalue weighted by molar-refractivity contribution is 5.96. The second-order valence-electron chi connectivity index (χ2n) is 8.86. The van der Waals surface area contributed by atoms with Crippen molar-refractivity contribution in [1.29, 1.82) is 0 Å². The molecular weight excluding hydrogens is 429 g/mol. The number of ether oxygens (including phenoxy) is 1. The van der Waals surface area contributed by atoms with Crippen molar-refractivity contribution in [1.82, 2.24) is 9.55 Å². The fraction of sp³-hybridized carbons (Fsp3) is 0.286. The van der Waals surface area contributed by atoms with Crippen LogP contribution in [0.2, 0.25) is 0 Å². The minimum Gasteiger partial charge on any atom is -0.494 e. The molecular formula is C28H28FN3O2. The summed E-state index contributed by atoms with van der Waals surface area (Å²) < 4.78 is 21.9. The van der Waals surface area contributed by atoms with Gasteiger partial charge in [-0.25, -0.2) is 9.37 Å². The second kappa shape index (κ2) is 9.67. The first-order valence-electron chi connectivity index (χ1n) is 11.8. The number of anilines is 1. The molecule has 1 unspecified atom stereocenters. The number of aromatic nitrogens is 2.